The second kappa shape index (κ2) is 6.75. The van der Waals surface area contributed by atoms with Crippen LogP contribution in [0.1, 0.15) is 24.8 Å². The molecule has 0 bridgehead atoms. The van der Waals surface area contributed by atoms with E-state index < -0.39 is 0 Å². The van der Waals surface area contributed by atoms with Crippen LogP contribution < -0.4 is 10.1 Å². The highest BCUT2D eigenvalue weighted by molar-refractivity contribution is 5.95. The van der Waals surface area contributed by atoms with Gasteiger partial charge in [0.05, 0.1) is 13.0 Å². The number of amides is 1. The molecule has 1 amide bonds. The van der Waals surface area contributed by atoms with Crippen molar-refractivity contribution < 1.29 is 9.53 Å². The lowest BCUT2D eigenvalue weighted by atomic mass is 9.95. The molecule has 0 aromatic heterocycles. The van der Waals surface area contributed by atoms with Gasteiger partial charge in [-0.05, 0) is 24.1 Å². The number of carbonyl (C=O) groups excluding carboxylic acids is 1. The van der Waals surface area contributed by atoms with Gasteiger partial charge in [0.1, 0.15) is 5.75 Å². The van der Waals surface area contributed by atoms with Gasteiger partial charge in [-0.1, -0.05) is 43.3 Å². The fraction of sp³-hybridized carbons (Fsp3) is 0.235. The number of hydrogen-bond donors (Lipinski definition) is 1. The number of hydrogen-bond acceptors (Lipinski definition) is 2. The van der Waals surface area contributed by atoms with Crippen LogP contribution in [0.2, 0.25) is 0 Å². The number of rotatable bonds is 5. The zero-order valence-corrected chi connectivity index (χ0v) is 11.8. The molecule has 0 heterocycles. The van der Waals surface area contributed by atoms with Gasteiger partial charge >= 0.3 is 0 Å². The Bertz CT molecular complexity index is 566. The largest absolute Gasteiger partial charge is 0.497 e. The minimum absolute atomic E-state index is 0.00644. The van der Waals surface area contributed by atoms with E-state index in [-0.39, 0.29) is 11.8 Å². The van der Waals surface area contributed by atoms with Crippen LogP contribution in [-0.2, 0) is 4.79 Å². The molecule has 0 radical (unpaired) electrons. The van der Waals surface area contributed by atoms with E-state index in [0.717, 1.165) is 23.4 Å². The Morgan fingerprint density at radius 2 is 1.90 bits per heavy atom. The van der Waals surface area contributed by atoms with Crippen LogP contribution in [0.3, 0.4) is 0 Å². The first-order chi connectivity index (χ1) is 9.74. The summed E-state index contributed by atoms with van der Waals surface area (Å²) in [6, 6.07) is 17.2. The van der Waals surface area contributed by atoms with Gasteiger partial charge in [-0.15, -0.1) is 0 Å². The van der Waals surface area contributed by atoms with Crippen molar-refractivity contribution in [1.82, 2.24) is 0 Å². The maximum atomic E-state index is 12.4. The monoisotopic (exact) mass is 269 g/mol. The van der Waals surface area contributed by atoms with Crippen molar-refractivity contribution in [2.75, 3.05) is 12.4 Å². The molecule has 104 valence electrons. The summed E-state index contributed by atoms with van der Waals surface area (Å²) < 4.78 is 5.16. The quantitative estimate of drug-likeness (QED) is 0.896. The van der Waals surface area contributed by atoms with E-state index in [1.54, 1.807) is 7.11 Å². The summed E-state index contributed by atoms with van der Waals surface area (Å²) in [7, 11) is 1.61. The van der Waals surface area contributed by atoms with Crippen LogP contribution in [0.25, 0.3) is 0 Å². The lowest BCUT2D eigenvalue weighted by Gasteiger charge is -2.15. The molecular weight excluding hydrogens is 250 g/mol. The molecule has 2 aromatic rings. The predicted molar refractivity (Wildman–Crippen MR) is 81.1 cm³/mol. The Kier molecular flexibility index (Phi) is 4.77. The van der Waals surface area contributed by atoms with Gasteiger partial charge in [0, 0.05) is 11.8 Å². The van der Waals surface area contributed by atoms with Crippen LogP contribution in [-0.4, -0.2) is 13.0 Å². The summed E-state index contributed by atoms with van der Waals surface area (Å²) in [5.41, 5.74) is 1.79. The maximum absolute atomic E-state index is 12.4. The van der Waals surface area contributed by atoms with E-state index in [4.69, 9.17) is 4.74 Å². The number of nitrogens with one attached hydrogen (secondary N) is 1. The van der Waals surface area contributed by atoms with Crippen LogP contribution >= 0.6 is 0 Å². The molecule has 0 saturated carbocycles. The number of carbonyl (C=O) groups is 1. The van der Waals surface area contributed by atoms with Gasteiger partial charge in [0.2, 0.25) is 5.91 Å². The van der Waals surface area contributed by atoms with Crippen molar-refractivity contribution in [2.45, 2.75) is 19.3 Å². The summed E-state index contributed by atoms with van der Waals surface area (Å²) in [5.74, 6) is 0.602. The third kappa shape index (κ3) is 3.38. The van der Waals surface area contributed by atoms with E-state index in [1.807, 2.05) is 61.5 Å². The number of methoxy groups -OCH3 is 1. The number of ether oxygens (including phenoxy) is 1. The lowest BCUT2D eigenvalue weighted by molar-refractivity contribution is -0.117. The number of anilines is 1. The van der Waals surface area contributed by atoms with Crippen molar-refractivity contribution in [2.24, 2.45) is 0 Å². The van der Waals surface area contributed by atoms with Crippen molar-refractivity contribution in [1.29, 1.82) is 0 Å². The molecule has 0 saturated heterocycles. The summed E-state index contributed by atoms with van der Waals surface area (Å²) in [4.78, 5) is 12.4. The van der Waals surface area contributed by atoms with Crippen molar-refractivity contribution in [3.05, 3.63) is 60.2 Å². The van der Waals surface area contributed by atoms with Crippen LogP contribution in [0.4, 0.5) is 5.69 Å². The van der Waals surface area contributed by atoms with Crippen molar-refractivity contribution in [3.8, 4) is 5.75 Å². The number of benzene rings is 2. The molecule has 1 atom stereocenters. The molecule has 0 fully saturated rings. The van der Waals surface area contributed by atoms with Gasteiger partial charge in [0.25, 0.3) is 0 Å². The molecule has 0 aliphatic carbocycles. The van der Waals surface area contributed by atoms with Crippen LogP contribution in [0, 0.1) is 0 Å². The Balaban J connectivity index is 2.13. The summed E-state index contributed by atoms with van der Waals surface area (Å²) >= 11 is 0. The molecule has 0 aliphatic heterocycles. The van der Waals surface area contributed by atoms with E-state index in [2.05, 4.69) is 5.32 Å². The highest BCUT2D eigenvalue weighted by Crippen LogP contribution is 2.23. The fourth-order valence-corrected chi connectivity index (χ4v) is 2.19. The van der Waals surface area contributed by atoms with Crippen LogP contribution in [0.5, 0.6) is 5.75 Å². The average molecular weight is 269 g/mol. The molecule has 1 N–H and O–H groups in total. The zero-order chi connectivity index (χ0) is 14.4. The first-order valence-corrected chi connectivity index (χ1v) is 6.74. The van der Waals surface area contributed by atoms with Gasteiger partial charge in [-0.2, -0.15) is 0 Å². The summed E-state index contributed by atoms with van der Waals surface area (Å²) in [6.07, 6.45) is 0.764. The molecule has 2 rings (SSSR count). The van der Waals surface area contributed by atoms with Gasteiger partial charge in [0.15, 0.2) is 0 Å². The van der Waals surface area contributed by atoms with Crippen LogP contribution in [0.15, 0.2) is 54.6 Å². The first-order valence-electron chi connectivity index (χ1n) is 6.74. The maximum Gasteiger partial charge on any atom is 0.231 e. The highest BCUT2D eigenvalue weighted by Gasteiger charge is 2.18. The van der Waals surface area contributed by atoms with E-state index in [0.29, 0.717) is 0 Å². The minimum atomic E-state index is -0.137. The third-order valence-corrected chi connectivity index (χ3v) is 3.26. The lowest BCUT2D eigenvalue weighted by Crippen LogP contribution is -2.20. The van der Waals surface area contributed by atoms with E-state index >= 15 is 0 Å². The molecule has 20 heavy (non-hydrogen) atoms. The standard InChI is InChI=1S/C17H19NO2/c1-3-16(13-8-5-4-6-9-13)17(19)18-14-10-7-11-15(12-14)20-2/h4-12,16H,3H2,1-2H3,(H,18,19)/t16-/m1/s1. The highest BCUT2D eigenvalue weighted by atomic mass is 16.5. The smallest absolute Gasteiger partial charge is 0.231 e. The topological polar surface area (TPSA) is 38.3 Å². The summed E-state index contributed by atoms with van der Waals surface area (Å²) in [5, 5.41) is 2.95. The second-order valence-corrected chi connectivity index (χ2v) is 4.59. The Labute approximate surface area is 119 Å². The first kappa shape index (κ1) is 14.1. The van der Waals surface area contributed by atoms with Gasteiger partial charge in [-0.3, -0.25) is 4.79 Å². The molecule has 0 aliphatic rings. The predicted octanol–water partition coefficient (Wildman–Crippen LogP) is 3.83. The van der Waals surface area contributed by atoms with Crippen molar-refractivity contribution >= 4 is 11.6 Å². The molecule has 2 aromatic carbocycles. The summed E-state index contributed by atoms with van der Waals surface area (Å²) in [6.45, 7) is 2.02. The molecule has 0 unspecified atom stereocenters. The van der Waals surface area contributed by atoms with Gasteiger partial charge < -0.3 is 10.1 Å². The van der Waals surface area contributed by atoms with Crippen molar-refractivity contribution in [3.63, 3.8) is 0 Å². The molecular formula is C17H19NO2. The molecule has 3 nitrogen and oxygen atoms in total. The molecule has 3 heteroatoms. The third-order valence-electron chi connectivity index (χ3n) is 3.26. The normalized spacial score (nSPS) is 11.7. The van der Waals surface area contributed by atoms with E-state index in [1.165, 1.54) is 0 Å². The van der Waals surface area contributed by atoms with Gasteiger partial charge in [-0.25, -0.2) is 0 Å². The average Bonchev–Trinajstić information content (AvgIpc) is 2.49. The Morgan fingerprint density at radius 1 is 1.15 bits per heavy atom. The fourth-order valence-electron chi connectivity index (χ4n) is 2.19. The van der Waals surface area contributed by atoms with E-state index in [9.17, 15) is 4.79 Å². The SMILES string of the molecule is CC[C@@H](C(=O)Nc1cccc(OC)c1)c1ccccc1. The molecule has 0 spiro atoms. The minimum Gasteiger partial charge on any atom is -0.497 e. The zero-order valence-electron chi connectivity index (χ0n) is 11.8. The Morgan fingerprint density at radius 3 is 2.55 bits per heavy atom. The Hall–Kier alpha value is -2.29. The second-order valence-electron chi connectivity index (χ2n) is 4.59.